The van der Waals surface area contributed by atoms with Gasteiger partial charge < -0.3 is 10.5 Å². The number of nitrogens with two attached hydrogens (primary N) is 1. The Labute approximate surface area is 113 Å². The maximum absolute atomic E-state index is 11.8. The molecule has 106 valence electrons. The van der Waals surface area contributed by atoms with Crippen LogP contribution in [0.2, 0.25) is 0 Å². The van der Waals surface area contributed by atoms with E-state index in [0.717, 1.165) is 6.42 Å². The van der Waals surface area contributed by atoms with Gasteiger partial charge in [-0.25, -0.2) is 13.1 Å². The van der Waals surface area contributed by atoms with Crippen LogP contribution in [0.15, 0.2) is 29.2 Å². The quantitative estimate of drug-likeness (QED) is 0.732. The highest BCUT2D eigenvalue weighted by molar-refractivity contribution is 7.89. The second-order valence-corrected chi connectivity index (χ2v) is 5.70. The number of amides is 1. The minimum Gasteiger partial charge on any atom is -0.494 e. The first kappa shape index (κ1) is 15.5. The molecule has 6 nitrogen and oxygen atoms in total. The van der Waals surface area contributed by atoms with Gasteiger partial charge in [-0.2, -0.15) is 0 Å². The van der Waals surface area contributed by atoms with Gasteiger partial charge in [0.2, 0.25) is 15.9 Å². The van der Waals surface area contributed by atoms with Gasteiger partial charge in [0.1, 0.15) is 5.75 Å². The van der Waals surface area contributed by atoms with Gasteiger partial charge in [-0.1, -0.05) is 6.92 Å². The molecular weight excluding hydrogens is 268 g/mol. The second kappa shape index (κ2) is 7.10. The Kier molecular flexibility index (Phi) is 5.78. The van der Waals surface area contributed by atoms with Crippen molar-refractivity contribution in [3.05, 3.63) is 24.3 Å². The molecule has 0 radical (unpaired) electrons. The van der Waals surface area contributed by atoms with Gasteiger partial charge in [0.25, 0.3) is 0 Å². The first-order valence-corrected chi connectivity index (χ1v) is 7.45. The summed E-state index contributed by atoms with van der Waals surface area (Å²) in [7, 11) is -3.61. The van der Waals surface area contributed by atoms with Gasteiger partial charge in [-0.05, 0) is 30.7 Å². The number of hydrogen-bond acceptors (Lipinski definition) is 4. The zero-order chi connectivity index (χ0) is 14.3. The summed E-state index contributed by atoms with van der Waals surface area (Å²) in [6.07, 6.45) is 0.853. The maximum Gasteiger partial charge on any atom is 0.240 e. The zero-order valence-corrected chi connectivity index (χ0v) is 11.6. The number of sulfonamides is 1. The standard InChI is InChI=1S/C12H18N2O4S/c1-2-9-18-10-3-5-11(6-4-10)19(16,17)14-8-7-12(13)15/h3-6,14H,2,7-9H2,1H3,(H2,13,15). The molecule has 0 saturated carbocycles. The van der Waals surface area contributed by atoms with E-state index in [-0.39, 0.29) is 17.9 Å². The van der Waals surface area contributed by atoms with Crippen LogP contribution in [0, 0.1) is 0 Å². The highest BCUT2D eigenvalue weighted by Crippen LogP contribution is 2.15. The predicted molar refractivity (Wildman–Crippen MR) is 71.2 cm³/mol. The lowest BCUT2D eigenvalue weighted by atomic mass is 10.3. The molecule has 1 rings (SSSR count). The van der Waals surface area contributed by atoms with Gasteiger partial charge in [0.15, 0.2) is 0 Å². The normalized spacial score (nSPS) is 11.2. The molecule has 1 amide bonds. The number of rotatable bonds is 8. The zero-order valence-electron chi connectivity index (χ0n) is 10.8. The molecule has 0 aromatic heterocycles. The van der Waals surface area contributed by atoms with Crippen LogP contribution in [0.3, 0.4) is 0 Å². The summed E-state index contributed by atoms with van der Waals surface area (Å²) < 4.78 is 31.3. The first-order chi connectivity index (χ1) is 8.95. The number of ether oxygens (including phenoxy) is 1. The van der Waals surface area contributed by atoms with E-state index < -0.39 is 15.9 Å². The highest BCUT2D eigenvalue weighted by atomic mass is 32.2. The fraction of sp³-hybridized carbons (Fsp3) is 0.417. The smallest absolute Gasteiger partial charge is 0.240 e. The molecule has 0 unspecified atom stereocenters. The number of carbonyl (C=O) groups is 1. The third-order valence-corrected chi connectivity index (χ3v) is 3.75. The third-order valence-electron chi connectivity index (χ3n) is 2.27. The third kappa shape index (κ3) is 5.27. The van der Waals surface area contributed by atoms with Crippen molar-refractivity contribution < 1.29 is 17.9 Å². The SMILES string of the molecule is CCCOc1ccc(S(=O)(=O)NCCC(N)=O)cc1. The first-order valence-electron chi connectivity index (χ1n) is 5.96. The number of primary amides is 1. The molecule has 0 atom stereocenters. The van der Waals surface area contributed by atoms with Crippen LogP contribution in [-0.2, 0) is 14.8 Å². The molecule has 0 spiro atoms. The van der Waals surface area contributed by atoms with E-state index in [1.54, 1.807) is 12.1 Å². The summed E-state index contributed by atoms with van der Waals surface area (Å²) in [6.45, 7) is 2.57. The Hall–Kier alpha value is -1.60. The van der Waals surface area contributed by atoms with Crippen molar-refractivity contribution in [2.24, 2.45) is 5.73 Å². The number of hydrogen-bond donors (Lipinski definition) is 2. The van der Waals surface area contributed by atoms with Gasteiger partial charge in [-0.15, -0.1) is 0 Å². The van der Waals surface area contributed by atoms with E-state index in [4.69, 9.17) is 10.5 Å². The van der Waals surface area contributed by atoms with Gasteiger partial charge >= 0.3 is 0 Å². The second-order valence-electron chi connectivity index (χ2n) is 3.93. The van der Waals surface area contributed by atoms with Gasteiger partial charge in [0, 0.05) is 13.0 Å². The van der Waals surface area contributed by atoms with Crippen LogP contribution < -0.4 is 15.2 Å². The molecule has 19 heavy (non-hydrogen) atoms. The van der Waals surface area contributed by atoms with E-state index in [1.807, 2.05) is 6.92 Å². The number of carbonyl (C=O) groups excluding carboxylic acids is 1. The molecule has 1 aromatic carbocycles. The molecule has 0 saturated heterocycles. The van der Waals surface area contributed by atoms with Crippen molar-refractivity contribution in [3.63, 3.8) is 0 Å². The molecular formula is C12H18N2O4S. The monoisotopic (exact) mass is 286 g/mol. The Morgan fingerprint density at radius 1 is 1.32 bits per heavy atom. The summed E-state index contributed by atoms with van der Waals surface area (Å²) >= 11 is 0. The molecule has 0 aliphatic rings. The lowest BCUT2D eigenvalue weighted by molar-refractivity contribution is -0.117. The van der Waals surface area contributed by atoms with Crippen LogP contribution in [-0.4, -0.2) is 27.5 Å². The fourth-order valence-electron chi connectivity index (χ4n) is 1.33. The van der Waals surface area contributed by atoms with Crippen LogP contribution in [0.1, 0.15) is 19.8 Å². The number of benzene rings is 1. The molecule has 7 heteroatoms. The molecule has 3 N–H and O–H groups in total. The minimum absolute atomic E-state index is 0.00818. The lowest BCUT2D eigenvalue weighted by Gasteiger charge is -2.07. The van der Waals surface area contributed by atoms with E-state index >= 15 is 0 Å². The largest absolute Gasteiger partial charge is 0.494 e. The van der Waals surface area contributed by atoms with Crippen molar-refractivity contribution >= 4 is 15.9 Å². The van der Waals surface area contributed by atoms with Crippen molar-refractivity contribution in [1.82, 2.24) is 4.72 Å². The predicted octanol–water partition coefficient (Wildman–Crippen LogP) is 0.629. The van der Waals surface area contributed by atoms with Crippen LogP contribution in [0.4, 0.5) is 0 Å². The van der Waals surface area contributed by atoms with Crippen molar-refractivity contribution in [2.75, 3.05) is 13.2 Å². The lowest BCUT2D eigenvalue weighted by Crippen LogP contribution is -2.28. The van der Waals surface area contributed by atoms with E-state index in [1.165, 1.54) is 12.1 Å². The average molecular weight is 286 g/mol. The summed E-state index contributed by atoms with van der Waals surface area (Å²) in [6, 6.07) is 6.10. The van der Waals surface area contributed by atoms with Crippen LogP contribution >= 0.6 is 0 Å². The Morgan fingerprint density at radius 3 is 2.47 bits per heavy atom. The Balaban J connectivity index is 2.65. The minimum atomic E-state index is -3.61. The fourth-order valence-corrected chi connectivity index (χ4v) is 2.36. The van der Waals surface area contributed by atoms with Crippen molar-refractivity contribution in [3.8, 4) is 5.75 Å². The summed E-state index contributed by atoms with van der Waals surface area (Å²) in [4.78, 5) is 10.7. The topological polar surface area (TPSA) is 98.5 Å². The Bertz CT molecular complexity index is 511. The highest BCUT2D eigenvalue weighted by Gasteiger charge is 2.13. The summed E-state index contributed by atoms with van der Waals surface area (Å²) in [5.41, 5.74) is 4.94. The van der Waals surface area contributed by atoms with E-state index in [2.05, 4.69) is 4.72 Å². The van der Waals surface area contributed by atoms with Gasteiger partial charge in [0.05, 0.1) is 11.5 Å². The summed E-state index contributed by atoms with van der Waals surface area (Å²) in [5.74, 6) is 0.0731. The number of nitrogens with one attached hydrogen (secondary N) is 1. The molecule has 0 bridgehead atoms. The molecule has 0 aliphatic carbocycles. The van der Waals surface area contributed by atoms with E-state index in [9.17, 15) is 13.2 Å². The van der Waals surface area contributed by atoms with E-state index in [0.29, 0.717) is 12.4 Å². The van der Waals surface area contributed by atoms with Crippen LogP contribution in [0.5, 0.6) is 5.75 Å². The maximum atomic E-state index is 11.8. The van der Waals surface area contributed by atoms with Crippen molar-refractivity contribution in [1.29, 1.82) is 0 Å². The molecule has 1 aromatic rings. The Morgan fingerprint density at radius 2 is 1.95 bits per heavy atom. The van der Waals surface area contributed by atoms with Crippen LogP contribution in [0.25, 0.3) is 0 Å². The molecule has 0 aliphatic heterocycles. The molecule has 0 heterocycles. The van der Waals surface area contributed by atoms with Gasteiger partial charge in [-0.3, -0.25) is 4.79 Å². The summed E-state index contributed by atoms with van der Waals surface area (Å²) in [5, 5.41) is 0. The average Bonchev–Trinajstić information content (AvgIpc) is 2.36. The van der Waals surface area contributed by atoms with Crippen molar-refractivity contribution in [2.45, 2.75) is 24.7 Å². The molecule has 0 fully saturated rings.